The predicted octanol–water partition coefficient (Wildman–Crippen LogP) is 0.631. The van der Waals surface area contributed by atoms with E-state index in [1.807, 2.05) is 0 Å². The summed E-state index contributed by atoms with van der Waals surface area (Å²) in [5.41, 5.74) is 0. The first kappa shape index (κ1) is 14.9. The minimum atomic E-state index is -3.84. The highest BCUT2D eigenvalue weighted by atomic mass is 32.2. The van der Waals surface area contributed by atoms with Gasteiger partial charge >= 0.3 is 6.01 Å². The lowest BCUT2D eigenvalue weighted by Crippen LogP contribution is -2.14. The van der Waals surface area contributed by atoms with E-state index in [0.717, 1.165) is 0 Å². The summed E-state index contributed by atoms with van der Waals surface area (Å²) in [5.74, 6) is 0.676. The zero-order chi connectivity index (χ0) is 15.5. The fourth-order valence-corrected chi connectivity index (χ4v) is 2.53. The third-order valence-electron chi connectivity index (χ3n) is 2.54. The van der Waals surface area contributed by atoms with Crippen molar-refractivity contribution in [2.45, 2.75) is 4.90 Å². The van der Waals surface area contributed by atoms with Gasteiger partial charge in [-0.25, -0.2) is 18.2 Å². The van der Waals surface area contributed by atoms with Gasteiger partial charge < -0.3 is 14.2 Å². The van der Waals surface area contributed by atoms with Crippen molar-refractivity contribution in [1.82, 2.24) is 15.2 Å². The largest absolute Gasteiger partial charge is 0.493 e. The second-order valence-corrected chi connectivity index (χ2v) is 5.48. The van der Waals surface area contributed by atoms with Crippen LogP contribution in [0.25, 0.3) is 0 Å². The maximum Gasteiger partial charge on any atom is 0.336 e. The van der Waals surface area contributed by atoms with Gasteiger partial charge in [0.2, 0.25) is 5.95 Å². The van der Waals surface area contributed by atoms with Crippen LogP contribution in [0.15, 0.2) is 23.1 Å². The highest BCUT2D eigenvalue weighted by Crippen LogP contribution is 2.29. The van der Waals surface area contributed by atoms with Crippen molar-refractivity contribution in [1.29, 1.82) is 0 Å². The van der Waals surface area contributed by atoms with Crippen molar-refractivity contribution < 1.29 is 22.6 Å². The third-order valence-corrected chi connectivity index (χ3v) is 3.88. The van der Waals surface area contributed by atoms with Crippen molar-refractivity contribution in [3.05, 3.63) is 18.2 Å². The van der Waals surface area contributed by atoms with E-state index in [-0.39, 0.29) is 16.9 Å². The summed E-state index contributed by atoms with van der Waals surface area (Å²) in [4.78, 5) is 3.78. The highest BCUT2D eigenvalue weighted by molar-refractivity contribution is 7.92. The van der Waals surface area contributed by atoms with Gasteiger partial charge in [-0.05, 0) is 12.1 Å². The second-order valence-electron chi connectivity index (χ2n) is 3.79. The predicted molar refractivity (Wildman–Crippen MR) is 73.3 cm³/mol. The summed E-state index contributed by atoms with van der Waals surface area (Å²) in [6, 6.07) is 4.25. The Balaban J connectivity index is 2.30. The quantitative estimate of drug-likeness (QED) is 0.803. The van der Waals surface area contributed by atoms with Crippen molar-refractivity contribution in [3.8, 4) is 17.5 Å². The molecule has 0 saturated heterocycles. The van der Waals surface area contributed by atoms with Gasteiger partial charge in [0, 0.05) is 6.07 Å². The summed E-state index contributed by atoms with van der Waals surface area (Å²) in [7, 11) is 0.413. The Hall–Kier alpha value is -2.49. The number of nitrogens with zero attached hydrogens (tertiary/aromatic N) is 2. The molecule has 1 aromatic carbocycles. The van der Waals surface area contributed by atoms with Crippen LogP contribution in [0.5, 0.6) is 17.5 Å². The van der Waals surface area contributed by atoms with Crippen LogP contribution in [-0.2, 0) is 10.0 Å². The molecular formula is C11H14N4O5S. The van der Waals surface area contributed by atoms with Gasteiger partial charge in [-0.2, -0.15) is 4.98 Å². The van der Waals surface area contributed by atoms with E-state index in [9.17, 15) is 8.42 Å². The number of H-pyrrole nitrogens is 1. The van der Waals surface area contributed by atoms with E-state index in [4.69, 9.17) is 14.2 Å². The molecule has 0 saturated carbocycles. The Labute approximate surface area is 121 Å². The van der Waals surface area contributed by atoms with Crippen LogP contribution in [0.4, 0.5) is 5.95 Å². The van der Waals surface area contributed by atoms with E-state index in [1.54, 1.807) is 0 Å². The van der Waals surface area contributed by atoms with Gasteiger partial charge in [-0.1, -0.05) is 0 Å². The van der Waals surface area contributed by atoms with Crippen molar-refractivity contribution >= 4 is 16.0 Å². The highest BCUT2D eigenvalue weighted by Gasteiger charge is 2.19. The molecule has 2 N–H and O–H groups in total. The van der Waals surface area contributed by atoms with Gasteiger partial charge in [0.25, 0.3) is 10.0 Å². The molecule has 9 nitrogen and oxygen atoms in total. The topological polar surface area (TPSA) is 115 Å². The average molecular weight is 314 g/mol. The standard InChI is InChI=1S/C11H14N4O5S/c1-18-8-5-4-7(6-9(8)19-2)21(16,17)15-10-12-11(20-3)14-13-10/h4-6H,1-3H3,(H2,12,13,14,15). The summed E-state index contributed by atoms with van der Waals surface area (Å²) >= 11 is 0. The molecule has 0 radical (unpaired) electrons. The van der Waals surface area contributed by atoms with Gasteiger partial charge in [0.05, 0.1) is 26.2 Å². The summed E-state index contributed by atoms with van der Waals surface area (Å²) in [6.07, 6.45) is 0. The van der Waals surface area contributed by atoms with E-state index in [2.05, 4.69) is 19.9 Å². The number of ether oxygens (including phenoxy) is 3. The first-order valence-corrected chi connectivity index (χ1v) is 7.19. The summed E-state index contributed by atoms with van der Waals surface area (Å²) in [6.45, 7) is 0. The fraction of sp³-hybridized carbons (Fsp3) is 0.273. The van der Waals surface area contributed by atoms with Crippen LogP contribution in [0.2, 0.25) is 0 Å². The maximum atomic E-state index is 12.2. The van der Waals surface area contributed by atoms with Crippen molar-refractivity contribution in [3.63, 3.8) is 0 Å². The molecule has 0 aliphatic carbocycles. The van der Waals surface area contributed by atoms with Crippen LogP contribution in [0, 0.1) is 0 Å². The summed E-state index contributed by atoms with van der Waals surface area (Å²) in [5, 5.41) is 6.05. The first-order valence-electron chi connectivity index (χ1n) is 5.71. The zero-order valence-corrected chi connectivity index (χ0v) is 12.4. The van der Waals surface area contributed by atoms with Crippen LogP contribution in [0.1, 0.15) is 0 Å². The molecule has 1 heterocycles. The zero-order valence-electron chi connectivity index (χ0n) is 11.6. The van der Waals surface area contributed by atoms with Crippen LogP contribution >= 0.6 is 0 Å². The molecule has 0 spiro atoms. The lowest BCUT2D eigenvalue weighted by atomic mass is 10.3. The number of methoxy groups -OCH3 is 3. The fourth-order valence-electron chi connectivity index (χ4n) is 1.55. The van der Waals surface area contributed by atoms with E-state index >= 15 is 0 Å². The number of anilines is 1. The maximum absolute atomic E-state index is 12.2. The van der Waals surface area contributed by atoms with E-state index in [1.165, 1.54) is 39.5 Å². The lowest BCUT2D eigenvalue weighted by molar-refractivity contribution is 0.354. The van der Waals surface area contributed by atoms with Gasteiger partial charge in [0.15, 0.2) is 11.5 Å². The van der Waals surface area contributed by atoms with Gasteiger partial charge in [-0.3, -0.25) is 0 Å². The van der Waals surface area contributed by atoms with E-state index in [0.29, 0.717) is 11.5 Å². The third kappa shape index (κ3) is 3.16. The van der Waals surface area contributed by atoms with Crippen molar-refractivity contribution in [2.24, 2.45) is 0 Å². The second kappa shape index (κ2) is 5.87. The molecule has 0 atom stereocenters. The Morgan fingerprint density at radius 1 is 1.10 bits per heavy atom. The number of aromatic nitrogens is 3. The summed E-state index contributed by atoms with van der Waals surface area (Å²) < 4.78 is 41.6. The number of hydrogen-bond acceptors (Lipinski definition) is 7. The minimum absolute atomic E-state index is 0.00415. The van der Waals surface area contributed by atoms with Gasteiger partial charge in [0.1, 0.15) is 0 Å². The monoisotopic (exact) mass is 314 g/mol. The minimum Gasteiger partial charge on any atom is -0.493 e. The lowest BCUT2D eigenvalue weighted by Gasteiger charge is -2.10. The number of hydrogen-bond donors (Lipinski definition) is 2. The number of rotatable bonds is 6. The molecule has 0 amide bonds. The van der Waals surface area contributed by atoms with Crippen LogP contribution in [-0.4, -0.2) is 44.9 Å². The van der Waals surface area contributed by atoms with Crippen molar-refractivity contribution in [2.75, 3.05) is 26.1 Å². The van der Waals surface area contributed by atoms with Crippen LogP contribution < -0.4 is 18.9 Å². The number of sulfonamides is 1. The Bertz CT molecular complexity index is 728. The molecule has 0 bridgehead atoms. The molecule has 114 valence electrons. The first-order chi connectivity index (χ1) is 10.00. The average Bonchev–Trinajstić information content (AvgIpc) is 2.93. The number of benzene rings is 1. The molecule has 2 aromatic rings. The number of nitrogens with one attached hydrogen (secondary N) is 2. The Morgan fingerprint density at radius 3 is 2.38 bits per heavy atom. The molecule has 0 aliphatic heterocycles. The molecule has 0 unspecified atom stereocenters. The van der Waals surface area contributed by atoms with E-state index < -0.39 is 10.0 Å². The SMILES string of the molecule is COc1n[nH]c(NS(=O)(=O)c2ccc(OC)c(OC)c2)n1. The van der Waals surface area contributed by atoms with Crippen LogP contribution in [0.3, 0.4) is 0 Å². The Morgan fingerprint density at radius 2 is 1.81 bits per heavy atom. The molecule has 21 heavy (non-hydrogen) atoms. The molecule has 1 aromatic heterocycles. The molecule has 0 fully saturated rings. The molecular weight excluding hydrogens is 300 g/mol. The Kier molecular flexibility index (Phi) is 4.17. The molecule has 10 heteroatoms. The number of aromatic amines is 1. The smallest absolute Gasteiger partial charge is 0.336 e. The molecule has 2 rings (SSSR count). The molecule has 0 aliphatic rings. The normalized spacial score (nSPS) is 11.0. The van der Waals surface area contributed by atoms with Gasteiger partial charge in [-0.15, -0.1) is 5.10 Å².